The van der Waals surface area contributed by atoms with Crippen LogP contribution >= 0.6 is 0 Å². The minimum Gasteiger partial charge on any atom is -0.391 e. The first-order chi connectivity index (χ1) is 11.5. The van der Waals surface area contributed by atoms with Gasteiger partial charge in [0.2, 0.25) is 0 Å². The van der Waals surface area contributed by atoms with Gasteiger partial charge in [0, 0.05) is 0 Å². The third-order valence-corrected chi connectivity index (χ3v) is 3.07. The fourth-order valence-corrected chi connectivity index (χ4v) is 2.16. The van der Waals surface area contributed by atoms with E-state index >= 15 is 0 Å². The SMILES string of the molecule is O=c1oc(=O)oc2cc3cc4oc(=O)oc(=O)oc4cc3cc2o1. The van der Waals surface area contributed by atoms with Crippen molar-refractivity contribution in [2.45, 2.75) is 0 Å². The standard InChI is InChI=1S/C14H4O10/c15-11-19-7-1-5-2-9-10(22-14(18)24-13(17)21-9)4-6(5)3-8(7)20-12(16)23-11/h1-4H. The zero-order valence-electron chi connectivity index (χ0n) is 11.4. The summed E-state index contributed by atoms with van der Waals surface area (Å²) < 4.78 is 27.6. The Kier molecular flexibility index (Phi) is 2.79. The molecular formula is C14H4O10. The third kappa shape index (κ3) is 2.31. The van der Waals surface area contributed by atoms with Gasteiger partial charge in [-0.25, -0.2) is 19.2 Å². The molecule has 0 unspecified atom stereocenters. The second-order valence-corrected chi connectivity index (χ2v) is 4.56. The normalized spacial score (nSPS) is 11.2. The van der Waals surface area contributed by atoms with Crippen LogP contribution in [0.1, 0.15) is 0 Å². The van der Waals surface area contributed by atoms with Crippen LogP contribution in [0.5, 0.6) is 0 Å². The second kappa shape index (κ2) is 4.84. The van der Waals surface area contributed by atoms with Gasteiger partial charge in [0.25, 0.3) is 0 Å². The van der Waals surface area contributed by atoms with Gasteiger partial charge in [0.1, 0.15) is 0 Å². The van der Waals surface area contributed by atoms with Crippen LogP contribution in [0.15, 0.2) is 69.9 Å². The van der Waals surface area contributed by atoms with Crippen molar-refractivity contribution in [2.75, 3.05) is 0 Å². The molecule has 24 heavy (non-hydrogen) atoms. The van der Waals surface area contributed by atoms with Crippen LogP contribution in [0.4, 0.5) is 0 Å². The minimum absolute atomic E-state index is 0.0773. The Labute approximate surface area is 127 Å². The Morgan fingerprint density at radius 2 is 0.667 bits per heavy atom. The molecule has 0 aliphatic heterocycles. The molecular weight excluding hydrogens is 328 g/mol. The summed E-state index contributed by atoms with van der Waals surface area (Å²) in [7, 11) is 0. The van der Waals surface area contributed by atoms with E-state index in [-0.39, 0.29) is 22.3 Å². The molecule has 0 atom stereocenters. The van der Waals surface area contributed by atoms with E-state index in [9.17, 15) is 19.2 Å². The number of benzene rings is 2. The highest BCUT2D eigenvalue weighted by atomic mass is 16.6. The molecule has 10 heteroatoms. The summed E-state index contributed by atoms with van der Waals surface area (Å²) >= 11 is 0. The summed E-state index contributed by atoms with van der Waals surface area (Å²) in [4.78, 5) is 45.0. The Morgan fingerprint density at radius 3 is 0.917 bits per heavy atom. The van der Waals surface area contributed by atoms with E-state index in [4.69, 9.17) is 17.7 Å². The zero-order chi connectivity index (χ0) is 16.8. The predicted molar refractivity (Wildman–Crippen MR) is 75.3 cm³/mol. The van der Waals surface area contributed by atoms with Gasteiger partial charge in [-0.1, -0.05) is 0 Å². The molecule has 0 amide bonds. The van der Waals surface area contributed by atoms with E-state index in [1.807, 2.05) is 0 Å². The van der Waals surface area contributed by atoms with Gasteiger partial charge in [0.05, 0.1) is 0 Å². The van der Waals surface area contributed by atoms with Crippen molar-refractivity contribution >= 4 is 33.1 Å². The number of hydrogen-bond donors (Lipinski definition) is 0. The first-order valence-corrected chi connectivity index (χ1v) is 6.33. The number of hydrogen-bond acceptors (Lipinski definition) is 10. The van der Waals surface area contributed by atoms with Gasteiger partial charge in [-0.05, 0) is 35.0 Å². The van der Waals surface area contributed by atoms with E-state index in [2.05, 4.69) is 8.83 Å². The van der Waals surface area contributed by atoms with Crippen LogP contribution in [0.2, 0.25) is 0 Å². The van der Waals surface area contributed by atoms with Crippen molar-refractivity contribution in [1.29, 1.82) is 0 Å². The van der Waals surface area contributed by atoms with Crippen LogP contribution in [0.3, 0.4) is 0 Å². The summed E-state index contributed by atoms with van der Waals surface area (Å²) in [6.45, 7) is 0. The fourth-order valence-electron chi connectivity index (χ4n) is 2.16. The smallest absolute Gasteiger partial charge is 0.391 e. The van der Waals surface area contributed by atoms with Crippen molar-refractivity contribution in [3.8, 4) is 0 Å². The lowest BCUT2D eigenvalue weighted by Gasteiger charge is -1.98. The fraction of sp³-hybridized carbons (Fsp3) is 0. The third-order valence-electron chi connectivity index (χ3n) is 3.07. The molecule has 0 spiro atoms. The molecule has 0 fully saturated rings. The van der Waals surface area contributed by atoms with E-state index in [1.54, 1.807) is 0 Å². The highest BCUT2D eigenvalue weighted by molar-refractivity contribution is 5.99. The van der Waals surface area contributed by atoms with E-state index in [1.165, 1.54) is 24.3 Å². The van der Waals surface area contributed by atoms with Crippen molar-refractivity contribution < 1.29 is 26.5 Å². The Balaban J connectivity index is 2.23. The van der Waals surface area contributed by atoms with Crippen LogP contribution < -0.4 is 23.3 Å². The van der Waals surface area contributed by atoms with Gasteiger partial charge >= 0.3 is 23.3 Å². The highest BCUT2D eigenvalue weighted by Crippen LogP contribution is 2.25. The van der Waals surface area contributed by atoms with Gasteiger partial charge < -0.3 is 26.5 Å². The van der Waals surface area contributed by atoms with Gasteiger partial charge in [-0.3, -0.25) is 0 Å². The van der Waals surface area contributed by atoms with Crippen molar-refractivity contribution in [3.63, 3.8) is 0 Å². The predicted octanol–water partition coefficient (Wildman–Crippen LogP) is 1.27. The molecule has 0 N–H and O–H groups in total. The number of fused-ring (bicyclic) bond motifs is 3. The topological polar surface area (TPSA) is 147 Å². The van der Waals surface area contributed by atoms with E-state index in [0.29, 0.717) is 10.8 Å². The maximum atomic E-state index is 11.3. The van der Waals surface area contributed by atoms with E-state index in [0.717, 1.165) is 0 Å². The average molecular weight is 332 g/mol. The molecule has 2 heterocycles. The molecule has 0 bridgehead atoms. The molecule has 4 aromatic rings. The molecule has 0 radical (unpaired) electrons. The molecule has 2 aromatic heterocycles. The van der Waals surface area contributed by atoms with Gasteiger partial charge in [-0.15, -0.1) is 0 Å². The lowest BCUT2D eigenvalue weighted by molar-refractivity contribution is 0.280. The van der Waals surface area contributed by atoms with Crippen LogP contribution in [-0.4, -0.2) is 0 Å². The largest absolute Gasteiger partial charge is 0.524 e. The van der Waals surface area contributed by atoms with Gasteiger partial charge in [0.15, 0.2) is 22.3 Å². The minimum atomic E-state index is -1.25. The summed E-state index contributed by atoms with van der Waals surface area (Å²) in [6, 6.07) is 5.41. The number of rotatable bonds is 0. The maximum Gasteiger partial charge on any atom is 0.524 e. The Morgan fingerprint density at radius 1 is 0.417 bits per heavy atom. The first-order valence-electron chi connectivity index (χ1n) is 6.33. The summed E-state index contributed by atoms with van der Waals surface area (Å²) in [6.07, 6.45) is 0. The molecule has 0 saturated carbocycles. The summed E-state index contributed by atoms with van der Waals surface area (Å²) in [5.74, 6) is -4.99. The van der Waals surface area contributed by atoms with Crippen LogP contribution in [0.25, 0.3) is 33.1 Å². The zero-order valence-corrected chi connectivity index (χ0v) is 11.4. The Bertz CT molecular complexity index is 1180. The Hall–Kier alpha value is -3.82. The van der Waals surface area contributed by atoms with Crippen molar-refractivity contribution in [1.82, 2.24) is 0 Å². The van der Waals surface area contributed by atoms with Crippen LogP contribution in [-0.2, 0) is 0 Å². The lowest BCUT2D eigenvalue weighted by Crippen LogP contribution is -2.01. The molecule has 0 aliphatic rings. The monoisotopic (exact) mass is 332 g/mol. The summed E-state index contributed by atoms with van der Waals surface area (Å²) in [5, 5.41) is 0.869. The molecule has 4 rings (SSSR count). The van der Waals surface area contributed by atoms with E-state index < -0.39 is 23.3 Å². The second-order valence-electron chi connectivity index (χ2n) is 4.56. The lowest BCUT2D eigenvalue weighted by atomic mass is 10.1. The highest BCUT2D eigenvalue weighted by Gasteiger charge is 2.08. The van der Waals surface area contributed by atoms with Crippen LogP contribution in [0, 0.1) is 0 Å². The first kappa shape index (κ1) is 13.8. The molecule has 120 valence electrons. The quantitative estimate of drug-likeness (QED) is 0.461. The van der Waals surface area contributed by atoms with Crippen molar-refractivity contribution in [3.05, 3.63) is 66.7 Å². The molecule has 0 aliphatic carbocycles. The van der Waals surface area contributed by atoms with Gasteiger partial charge in [-0.2, -0.15) is 0 Å². The molecule has 0 saturated heterocycles. The molecule has 2 aromatic carbocycles. The summed E-state index contributed by atoms with van der Waals surface area (Å²) in [5.41, 5.74) is -0.309. The molecule has 10 nitrogen and oxygen atoms in total. The maximum absolute atomic E-state index is 11.3. The van der Waals surface area contributed by atoms with Crippen molar-refractivity contribution in [2.24, 2.45) is 0 Å². The average Bonchev–Trinajstić information content (AvgIpc) is 2.70.